The monoisotopic (exact) mass is 346 g/mol. The zero-order valence-electron chi connectivity index (χ0n) is 12.6. The maximum atomic E-state index is 14.1. The molecule has 6 nitrogen and oxygen atoms in total. The van der Waals surface area contributed by atoms with Crippen LogP contribution in [0.2, 0.25) is 0 Å². The van der Waals surface area contributed by atoms with Crippen molar-refractivity contribution in [1.29, 1.82) is 5.26 Å². The number of rotatable bonds is 5. The van der Waals surface area contributed by atoms with Gasteiger partial charge in [-0.15, -0.1) is 0 Å². The lowest BCUT2D eigenvalue weighted by Gasteiger charge is -2.23. The molecule has 2 atom stereocenters. The van der Waals surface area contributed by atoms with E-state index < -0.39 is 32.6 Å². The number of hydrogen-bond donors (Lipinski definition) is 0. The van der Waals surface area contributed by atoms with E-state index in [1.54, 1.807) is 6.07 Å². The fraction of sp³-hybridized carbons (Fsp3) is 0.500. The second-order valence-corrected chi connectivity index (χ2v) is 6.99. The van der Waals surface area contributed by atoms with Gasteiger partial charge in [-0.25, -0.2) is 17.2 Å². The molecule has 0 aliphatic carbocycles. The first-order chi connectivity index (χ1) is 10.8. The molecule has 1 saturated heterocycles. The number of halogens is 2. The first kappa shape index (κ1) is 17.7. The molecule has 1 fully saturated rings. The largest absolute Gasteiger partial charge is 0.383 e. The Morgan fingerprint density at radius 1 is 1.35 bits per heavy atom. The number of ether oxygens (including phenoxy) is 2. The summed E-state index contributed by atoms with van der Waals surface area (Å²) in [5.74, 6) is -2.59. The molecule has 1 aromatic rings. The zero-order valence-corrected chi connectivity index (χ0v) is 13.4. The summed E-state index contributed by atoms with van der Waals surface area (Å²) in [7, 11) is -1.58. The third-order valence-electron chi connectivity index (χ3n) is 3.71. The third kappa shape index (κ3) is 3.35. The van der Waals surface area contributed by atoms with Crippen molar-refractivity contribution in [3.05, 3.63) is 29.3 Å². The van der Waals surface area contributed by atoms with E-state index >= 15 is 0 Å². The molecule has 1 heterocycles. The first-order valence-electron chi connectivity index (χ1n) is 6.77. The molecular formula is C14H16F2N2O4S. The van der Waals surface area contributed by atoms with E-state index in [1.165, 1.54) is 14.2 Å². The molecule has 0 radical (unpaired) electrons. The maximum absolute atomic E-state index is 14.1. The van der Waals surface area contributed by atoms with Gasteiger partial charge in [0.15, 0.2) is 4.90 Å². The number of nitrogens with zero attached hydrogens (tertiary/aromatic N) is 2. The van der Waals surface area contributed by atoms with Crippen LogP contribution in [0.15, 0.2) is 17.0 Å². The lowest BCUT2D eigenvalue weighted by atomic mass is 10.2. The molecule has 0 amide bonds. The summed E-state index contributed by atoms with van der Waals surface area (Å²) in [6.07, 6.45) is -0.0160. The van der Waals surface area contributed by atoms with Crippen molar-refractivity contribution in [2.75, 3.05) is 27.4 Å². The topological polar surface area (TPSA) is 79.6 Å². The number of sulfonamides is 1. The Morgan fingerprint density at radius 2 is 1.96 bits per heavy atom. The Bertz CT molecular complexity index is 710. The Kier molecular flexibility index (Phi) is 5.31. The summed E-state index contributed by atoms with van der Waals surface area (Å²) in [5.41, 5.74) is -0.288. The Morgan fingerprint density at radius 3 is 2.43 bits per heavy atom. The van der Waals surface area contributed by atoms with Gasteiger partial charge in [0.05, 0.1) is 30.4 Å². The quantitative estimate of drug-likeness (QED) is 0.802. The summed E-state index contributed by atoms with van der Waals surface area (Å²) in [5, 5.41) is 8.69. The lowest BCUT2D eigenvalue weighted by Crippen LogP contribution is -2.39. The summed E-state index contributed by atoms with van der Waals surface area (Å²) < 4.78 is 64.6. The molecule has 1 aliphatic rings. The molecule has 2 rings (SSSR count). The van der Waals surface area contributed by atoms with Gasteiger partial charge in [-0.3, -0.25) is 0 Å². The van der Waals surface area contributed by atoms with Crippen LogP contribution in [0.3, 0.4) is 0 Å². The van der Waals surface area contributed by atoms with E-state index in [0.717, 1.165) is 4.31 Å². The van der Waals surface area contributed by atoms with Gasteiger partial charge in [0.2, 0.25) is 10.0 Å². The van der Waals surface area contributed by atoms with Gasteiger partial charge in [0.1, 0.15) is 11.6 Å². The van der Waals surface area contributed by atoms with Crippen molar-refractivity contribution in [2.45, 2.75) is 23.5 Å². The molecule has 9 heteroatoms. The highest BCUT2D eigenvalue weighted by Gasteiger charge is 2.42. The van der Waals surface area contributed by atoms with Gasteiger partial charge >= 0.3 is 0 Å². The standard InChI is InChI=1S/C14H16F2N2O4S/c1-21-8-10-5-11(22-2)7-18(10)23(19,20)14-12(15)3-9(6-17)4-13(14)16/h3-4,10-11H,5,7-8H2,1-2H3/t10-,11+/m0/s1. The van der Waals surface area contributed by atoms with Crippen LogP contribution in [-0.4, -0.2) is 52.2 Å². The molecule has 1 aromatic carbocycles. The predicted molar refractivity (Wildman–Crippen MR) is 76.0 cm³/mol. The van der Waals surface area contributed by atoms with E-state index in [2.05, 4.69) is 0 Å². The highest BCUT2D eigenvalue weighted by molar-refractivity contribution is 7.89. The summed E-state index contributed by atoms with van der Waals surface area (Å²) in [6.45, 7) is 0.0599. The third-order valence-corrected chi connectivity index (χ3v) is 5.68. The van der Waals surface area contributed by atoms with Gasteiger partial charge < -0.3 is 9.47 Å². The Hall–Kier alpha value is -1.60. The van der Waals surface area contributed by atoms with Crippen LogP contribution in [0.1, 0.15) is 12.0 Å². The minimum atomic E-state index is -4.43. The minimum absolute atomic E-state index is 0.0221. The molecule has 23 heavy (non-hydrogen) atoms. The van der Waals surface area contributed by atoms with Gasteiger partial charge in [-0.1, -0.05) is 0 Å². The summed E-state index contributed by atoms with van der Waals surface area (Å²) in [4.78, 5) is -1.06. The van der Waals surface area contributed by atoms with Crippen LogP contribution in [0.4, 0.5) is 8.78 Å². The number of hydrogen-bond acceptors (Lipinski definition) is 5. The van der Waals surface area contributed by atoms with Gasteiger partial charge in [-0.2, -0.15) is 9.57 Å². The van der Waals surface area contributed by atoms with E-state index in [0.29, 0.717) is 18.6 Å². The number of methoxy groups -OCH3 is 2. The minimum Gasteiger partial charge on any atom is -0.383 e. The lowest BCUT2D eigenvalue weighted by molar-refractivity contribution is 0.110. The number of nitriles is 1. The van der Waals surface area contributed by atoms with Crippen LogP contribution >= 0.6 is 0 Å². The van der Waals surface area contributed by atoms with Crippen LogP contribution < -0.4 is 0 Å². The fourth-order valence-electron chi connectivity index (χ4n) is 2.64. The normalized spacial score (nSPS) is 22.2. The van der Waals surface area contributed by atoms with Crippen molar-refractivity contribution in [2.24, 2.45) is 0 Å². The predicted octanol–water partition coefficient (Wildman–Crippen LogP) is 1.26. The average Bonchev–Trinajstić information content (AvgIpc) is 2.90. The van der Waals surface area contributed by atoms with Gasteiger partial charge in [0.25, 0.3) is 0 Å². The Labute approximate surface area is 133 Å². The highest BCUT2D eigenvalue weighted by atomic mass is 32.2. The van der Waals surface area contributed by atoms with Gasteiger partial charge in [-0.05, 0) is 18.6 Å². The molecule has 1 aliphatic heterocycles. The molecule has 0 aromatic heterocycles. The summed E-state index contributed by atoms with van der Waals surface area (Å²) >= 11 is 0. The molecule has 0 N–H and O–H groups in total. The molecule has 0 unspecified atom stereocenters. The van der Waals surface area contributed by atoms with Crippen molar-refractivity contribution in [1.82, 2.24) is 4.31 Å². The van der Waals surface area contributed by atoms with Crippen LogP contribution in [-0.2, 0) is 19.5 Å². The van der Waals surface area contributed by atoms with Crippen molar-refractivity contribution in [3.8, 4) is 6.07 Å². The summed E-state index contributed by atoms with van der Waals surface area (Å²) in [6, 6.07) is 2.39. The molecule has 0 bridgehead atoms. The average molecular weight is 346 g/mol. The molecule has 0 spiro atoms. The molecular weight excluding hydrogens is 330 g/mol. The second-order valence-electron chi connectivity index (χ2n) is 5.16. The van der Waals surface area contributed by atoms with E-state index in [4.69, 9.17) is 14.7 Å². The molecule has 126 valence electrons. The van der Waals surface area contributed by atoms with Gasteiger partial charge in [0, 0.05) is 20.8 Å². The van der Waals surface area contributed by atoms with E-state index in [9.17, 15) is 17.2 Å². The fourth-order valence-corrected chi connectivity index (χ4v) is 4.39. The van der Waals surface area contributed by atoms with E-state index in [1.807, 2.05) is 0 Å². The second kappa shape index (κ2) is 6.88. The Balaban J connectivity index is 2.47. The van der Waals surface area contributed by atoms with E-state index in [-0.39, 0.29) is 24.8 Å². The van der Waals surface area contributed by atoms with Crippen molar-refractivity contribution in [3.63, 3.8) is 0 Å². The highest BCUT2D eigenvalue weighted by Crippen LogP contribution is 2.31. The SMILES string of the molecule is COC[C@@H]1C[C@@H](OC)CN1S(=O)(=O)c1c(F)cc(C#N)cc1F. The van der Waals surface area contributed by atoms with Crippen molar-refractivity contribution < 1.29 is 26.7 Å². The number of benzene rings is 1. The van der Waals surface area contributed by atoms with Crippen LogP contribution in [0, 0.1) is 23.0 Å². The molecule has 0 saturated carbocycles. The van der Waals surface area contributed by atoms with Crippen molar-refractivity contribution >= 4 is 10.0 Å². The smallest absolute Gasteiger partial charge is 0.249 e. The van der Waals surface area contributed by atoms with Crippen LogP contribution in [0.25, 0.3) is 0 Å². The maximum Gasteiger partial charge on any atom is 0.249 e. The first-order valence-corrected chi connectivity index (χ1v) is 8.21. The van der Waals surface area contributed by atoms with Crippen LogP contribution in [0.5, 0.6) is 0 Å². The zero-order chi connectivity index (χ0) is 17.2.